The van der Waals surface area contributed by atoms with E-state index in [0.29, 0.717) is 14.5 Å². The molecule has 0 saturated heterocycles. The smallest absolute Gasteiger partial charge is 0.0602 e. The molecule has 10 aromatic carbocycles. The van der Waals surface area contributed by atoms with Gasteiger partial charge < -0.3 is 4.57 Å². The van der Waals surface area contributed by atoms with E-state index in [1.54, 1.807) is 0 Å². The van der Waals surface area contributed by atoms with Gasteiger partial charge in [0.25, 0.3) is 0 Å². The number of hydrogen-bond donors (Lipinski definition) is 0. The van der Waals surface area contributed by atoms with E-state index in [1.807, 2.05) is 0 Å². The van der Waals surface area contributed by atoms with Crippen LogP contribution in [0.4, 0.5) is 17.1 Å². The minimum absolute atomic E-state index is 0.358. The number of fused-ring (bicyclic) bond motifs is 7. The Kier molecular flexibility index (Phi) is 8.55. The van der Waals surface area contributed by atoms with Crippen LogP contribution in [0.1, 0.15) is 0 Å². The number of hydrogen-bond acceptors (Lipinski definition) is 1. The van der Waals surface area contributed by atoms with Crippen molar-refractivity contribution >= 4 is 83.4 Å². The van der Waals surface area contributed by atoms with Crippen molar-refractivity contribution < 1.29 is 0 Å². The molecule has 0 bridgehead atoms. The van der Waals surface area contributed by atoms with E-state index in [9.17, 15) is 0 Å². The molecule has 0 aliphatic heterocycles. The summed E-state index contributed by atoms with van der Waals surface area (Å²) in [6.45, 7) is 0. The zero-order valence-electron chi connectivity index (χ0n) is 33.2. The Labute approximate surface area is 360 Å². The van der Waals surface area contributed by atoms with E-state index >= 15 is 0 Å². The zero-order valence-corrected chi connectivity index (χ0v) is 35.0. The van der Waals surface area contributed by atoms with E-state index in [1.165, 1.54) is 85.3 Å². The molecule has 0 unspecified atom stereocenters. The predicted octanol–water partition coefficient (Wildman–Crippen LogP) is 15.8. The zero-order chi connectivity index (χ0) is 40.3. The third kappa shape index (κ3) is 6.09. The van der Waals surface area contributed by atoms with Gasteiger partial charge in [0.15, 0.2) is 0 Å². The Balaban J connectivity index is 0.981. The van der Waals surface area contributed by atoms with Gasteiger partial charge in [-0.1, -0.05) is 97.1 Å². The van der Waals surface area contributed by atoms with Crippen molar-refractivity contribution in [3.63, 3.8) is 0 Å². The quantitative estimate of drug-likeness (QED) is 0.145. The van der Waals surface area contributed by atoms with Crippen LogP contribution >= 0.6 is 0 Å². The van der Waals surface area contributed by atoms with Gasteiger partial charge in [0.05, 0.1) is 11.0 Å². The van der Waals surface area contributed by atoms with Gasteiger partial charge in [-0.25, -0.2) is 0 Å². The van der Waals surface area contributed by atoms with Crippen LogP contribution in [-0.4, -0.2) is 19.1 Å². The fourth-order valence-corrected chi connectivity index (χ4v) is 11.6. The molecule has 61 heavy (non-hydrogen) atoms. The summed E-state index contributed by atoms with van der Waals surface area (Å²) in [6, 6.07) is 84.6. The van der Waals surface area contributed by atoms with Crippen molar-refractivity contribution in [2.45, 2.75) is 0 Å². The van der Waals surface area contributed by atoms with Crippen LogP contribution in [0, 0.1) is 0 Å². The van der Waals surface area contributed by atoms with E-state index in [2.05, 4.69) is 240 Å². The Morgan fingerprint density at radius 3 is 1.69 bits per heavy atom. The van der Waals surface area contributed by atoms with Crippen molar-refractivity contribution in [3.05, 3.63) is 231 Å². The van der Waals surface area contributed by atoms with Gasteiger partial charge in [-0.15, -0.1) is 0 Å². The first-order valence-electron chi connectivity index (χ1n) is 20.8. The Hall–Kier alpha value is -7.42. The normalized spacial score (nSPS) is 11.6. The summed E-state index contributed by atoms with van der Waals surface area (Å²) in [5, 5.41) is 7.75. The van der Waals surface area contributed by atoms with E-state index in [-0.39, 0.29) is 0 Å². The Morgan fingerprint density at radius 1 is 0.328 bits per heavy atom. The molecule has 12 aromatic rings. The molecule has 3 heteroatoms. The third-order valence-electron chi connectivity index (χ3n) is 12.2. The second kappa shape index (κ2) is 14.7. The van der Waals surface area contributed by atoms with Crippen molar-refractivity contribution in [1.29, 1.82) is 0 Å². The number of aromatic nitrogens is 1. The van der Waals surface area contributed by atoms with E-state index < -0.39 is 0 Å². The summed E-state index contributed by atoms with van der Waals surface area (Å²) in [6.07, 6.45) is 0. The Bertz CT molecular complexity index is 3570. The second-order valence-electron chi connectivity index (χ2n) is 15.7. The van der Waals surface area contributed by atoms with Crippen molar-refractivity contribution in [1.82, 2.24) is 4.57 Å². The molecule has 0 aliphatic carbocycles. The van der Waals surface area contributed by atoms with Gasteiger partial charge in [0, 0.05) is 16.5 Å². The van der Waals surface area contributed by atoms with Gasteiger partial charge in [0.1, 0.15) is 0 Å². The van der Waals surface area contributed by atoms with Crippen molar-refractivity contribution in [2.24, 2.45) is 0 Å². The standard InChI is InChI=1S/C58H38N2Se/c1-2-15-44(16-3-1)60-55-23-10-7-19-50(55)51-35-29-43(38-56(51)60)40-27-33-46(34-28-40)59(54-22-9-6-18-49(54)48-21-12-14-41-13-4-5-17-47(41)48)45-31-25-39(26-32-45)42-30-36-58-53(37-42)52-20-8-11-24-57(52)61-58/h1-38H. The molecule has 0 N–H and O–H groups in total. The number of nitrogens with zero attached hydrogens (tertiary/aromatic N) is 2. The molecule has 0 fully saturated rings. The minimum atomic E-state index is 0.358. The van der Waals surface area contributed by atoms with E-state index in [0.717, 1.165) is 22.7 Å². The molecule has 2 heterocycles. The topological polar surface area (TPSA) is 8.17 Å². The van der Waals surface area contributed by atoms with Crippen molar-refractivity contribution in [3.8, 4) is 39.1 Å². The molecule has 2 aromatic heterocycles. The van der Waals surface area contributed by atoms with Gasteiger partial charge >= 0.3 is 187 Å². The summed E-state index contributed by atoms with van der Waals surface area (Å²) in [7, 11) is 0. The molecule has 0 saturated carbocycles. The monoisotopic (exact) mass is 842 g/mol. The van der Waals surface area contributed by atoms with Crippen LogP contribution in [0.5, 0.6) is 0 Å². The van der Waals surface area contributed by atoms with Crippen LogP contribution in [0.2, 0.25) is 0 Å². The number of rotatable bonds is 7. The molecule has 0 radical (unpaired) electrons. The maximum atomic E-state index is 2.42. The first-order chi connectivity index (χ1) is 30.2. The fourth-order valence-electron chi connectivity index (χ4n) is 9.30. The molecule has 0 spiro atoms. The molecular formula is C58H38N2Se. The van der Waals surface area contributed by atoms with Crippen molar-refractivity contribution in [2.75, 3.05) is 4.90 Å². The Morgan fingerprint density at radius 2 is 0.885 bits per heavy atom. The number of benzene rings is 10. The molecule has 0 atom stereocenters. The first kappa shape index (κ1) is 35.5. The van der Waals surface area contributed by atoms with Crippen LogP contribution in [0.25, 0.3) is 90.9 Å². The van der Waals surface area contributed by atoms with Gasteiger partial charge in [-0.05, 0) is 46.2 Å². The predicted molar refractivity (Wildman–Crippen MR) is 261 cm³/mol. The molecule has 2 nitrogen and oxygen atoms in total. The summed E-state index contributed by atoms with van der Waals surface area (Å²) in [4.78, 5) is 2.42. The third-order valence-corrected chi connectivity index (χ3v) is 14.6. The number of anilines is 3. The average Bonchev–Trinajstić information content (AvgIpc) is 3.87. The molecule has 286 valence electrons. The summed E-state index contributed by atoms with van der Waals surface area (Å²) in [5.74, 6) is 0. The first-order valence-corrected chi connectivity index (χ1v) is 22.5. The van der Waals surface area contributed by atoms with E-state index in [4.69, 9.17) is 0 Å². The molecule has 0 aliphatic rings. The summed E-state index contributed by atoms with van der Waals surface area (Å²) in [5.41, 5.74) is 14.1. The number of para-hydroxylation sites is 3. The fraction of sp³-hybridized carbons (Fsp3) is 0. The summed E-state index contributed by atoms with van der Waals surface area (Å²) >= 11 is 0.358. The molecule has 12 rings (SSSR count). The van der Waals surface area contributed by atoms with Gasteiger partial charge in [-0.3, -0.25) is 0 Å². The molecule has 0 amide bonds. The SMILES string of the molecule is c1ccc(-n2c3ccccc3c3ccc(-c4ccc(N(c5ccc(-c6ccc7[se]c8ccccc8c7c6)cc5)c5ccccc5-c5cccc6ccccc56)cc4)cc32)cc1. The van der Waals surface area contributed by atoms with Crippen LogP contribution in [0.15, 0.2) is 231 Å². The summed E-state index contributed by atoms with van der Waals surface area (Å²) < 4.78 is 5.33. The average molecular weight is 842 g/mol. The van der Waals surface area contributed by atoms with Crippen LogP contribution in [0.3, 0.4) is 0 Å². The maximum absolute atomic E-state index is 2.42. The van der Waals surface area contributed by atoms with Gasteiger partial charge in [0.2, 0.25) is 0 Å². The minimum Gasteiger partial charge on any atom is -0.0602 e. The molecular weight excluding hydrogens is 804 g/mol. The van der Waals surface area contributed by atoms with Crippen LogP contribution < -0.4 is 4.90 Å². The van der Waals surface area contributed by atoms with Gasteiger partial charge in [-0.2, -0.15) is 0 Å². The second-order valence-corrected chi connectivity index (χ2v) is 18.0. The van der Waals surface area contributed by atoms with Crippen LogP contribution in [-0.2, 0) is 0 Å².